The van der Waals surface area contributed by atoms with Crippen molar-refractivity contribution in [2.45, 2.75) is 18.7 Å². The highest BCUT2D eigenvalue weighted by atomic mass is 79.9. The lowest BCUT2D eigenvalue weighted by molar-refractivity contribution is -0.137. The Hall–Kier alpha value is -1.40. The van der Waals surface area contributed by atoms with Crippen molar-refractivity contribution in [1.29, 1.82) is 0 Å². The van der Waals surface area contributed by atoms with Crippen molar-refractivity contribution in [1.82, 2.24) is 4.98 Å². The molecule has 0 bridgehead atoms. The van der Waals surface area contributed by atoms with Crippen LogP contribution in [0.25, 0.3) is 0 Å². The average molecular weight is 346 g/mol. The molecule has 0 radical (unpaired) electrons. The smallest absolute Gasteiger partial charge is 0.388 e. The third kappa shape index (κ3) is 3.80. The van der Waals surface area contributed by atoms with E-state index < -0.39 is 17.8 Å². The first-order valence-electron chi connectivity index (χ1n) is 5.81. The fourth-order valence-corrected chi connectivity index (χ4v) is 2.21. The number of aromatic nitrogens is 1. The van der Waals surface area contributed by atoms with Crippen molar-refractivity contribution in [3.05, 3.63) is 63.9 Å². The van der Waals surface area contributed by atoms with Crippen molar-refractivity contribution in [2.75, 3.05) is 0 Å². The molecule has 0 spiro atoms. The summed E-state index contributed by atoms with van der Waals surface area (Å²) in [4.78, 5) is 3.92. The number of rotatable bonds is 3. The molecular weight excluding hydrogens is 335 g/mol. The number of hydrogen-bond acceptors (Lipinski definition) is 2. The third-order valence-electron chi connectivity index (χ3n) is 2.79. The molecule has 0 fully saturated rings. The van der Waals surface area contributed by atoms with Gasteiger partial charge in [0.25, 0.3) is 0 Å². The Labute approximate surface area is 122 Å². The van der Waals surface area contributed by atoms with Gasteiger partial charge in [0, 0.05) is 28.9 Å². The first kappa shape index (κ1) is 15.0. The van der Waals surface area contributed by atoms with Gasteiger partial charge in [0.2, 0.25) is 0 Å². The van der Waals surface area contributed by atoms with Crippen molar-refractivity contribution in [3.63, 3.8) is 0 Å². The van der Waals surface area contributed by atoms with E-state index >= 15 is 0 Å². The Morgan fingerprint density at radius 3 is 2.60 bits per heavy atom. The minimum absolute atomic E-state index is 0.0993. The predicted octanol–water partition coefficient (Wildman–Crippen LogP) is 4.14. The normalized spacial score (nSPS) is 13.2. The van der Waals surface area contributed by atoms with Gasteiger partial charge >= 0.3 is 6.18 Å². The topological polar surface area (TPSA) is 33.1 Å². The van der Waals surface area contributed by atoms with Gasteiger partial charge in [0.05, 0.1) is 11.7 Å². The molecule has 1 atom stereocenters. The summed E-state index contributed by atoms with van der Waals surface area (Å²) in [5, 5.41) is 10.1. The molecular formula is C14H11BrF3NO. The van der Waals surface area contributed by atoms with Crippen molar-refractivity contribution in [3.8, 4) is 0 Å². The second-order valence-electron chi connectivity index (χ2n) is 4.35. The maximum atomic E-state index is 12.6. The van der Waals surface area contributed by atoms with Crippen molar-refractivity contribution in [2.24, 2.45) is 0 Å². The van der Waals surface area contributed by atoms with E-state index in [1.807, 2.05) is 0 Å². The number of pyridine rings is 1. The van der Waals surface area contributed by atoms with E-state index in [0.29, 0.717) is 15.6 Å². The Balaban J connectivity index is 2.18. The van der Waals surface area contributed by atoms with E-state index in [2.05, 4.69) is 20.9 Å². The van der Waals surface area contributed by atoms with Gasteiger partial charge in [-0.3, -0.25) is 4.98 Å². The van der Waals surface area contributed by atoms with Gasteiger partial charge in [-0.1, -0.05) is 18.2 Å². The molecule has 106 valence electrons. The number of aliphatic hydroxyl groups is 1. The zero-order chi connectivity index (χ0) is 14.8. The number of alkyl halides is 3. The maximum absolute atomic E-state index is 12.6. The van der Waals surface area contributed by atoms with Crippen molar-refractivity contribution >= 4 is 15.9 Å². The number of hydrogen-bond donors (Lipinski definition) is 1. The number of aliphatic hydroxyl groups excluding tert-OH is 1. The molecule has 1 unspecified atom stereocenters. The predicted molar refractivity (Wildman–Crippen MR) is 72.0 cm³/mol. The standard InChI is InChI=1S/C14H11BrF3NO/c15-12-6-10(7-19-8-12)13(20)5-9-2-1-3-11(4-9)14(16,17)18/h1-4,6-8,13,20H,5H2. The first-order valence-corrected chi connectivity index (χ1v) is 6.60. The van der Waals surface area contributed by atoms with E-state index in [1.165, 1.54) is 12.3 Å². The summed E-state index contributed by atoms with van der Waals surface area (Å²) in [5.74, 6) is 0. The summed E-state index contributed by atoms with van der Waals surface area (Å²) in [6.45, 7) is 0. The van der Waals surface area contributed by atoms with E-state index in [9.17, 15) is 18.3 Å². The molecule has 1 aromatic carbocycles. The molecule has 1 heterocycles. The van der Waals surface area contributed by atoms with Crippen LogP contribution in [0.3, 0.4) is 0 Å². The van der Waals surface area contributed by atoms with Crippen LogP contribution in [0.4, 0.5) is 13.2 Å². The fourth-order valence-electron chi connectivity index (χ4n) is 1.83. The average Bonchev–Trinajstić information content (AvgIpc) is 2.38. The number of halogens is 4. The summed E-state index contributed by atoms with van der Waals surface area (Å²) in [5.41, 5.74) is 0.263. The summed E-state index contributed by atoms with van der Waals surface area (Å²) in [6, 6.07) is 6.64. The first-order chi connectivity index (χ1) is 9.36. The summed E-state index contributed by atoms with van der Waals surface area (Å²) in [7, 11) is 0. The monoisotopic (exact) mass is 345 g/mol. The van der Waals surface area contributed by atoms with Crippen LogP contribution in [-0.2, 0) is 12.6 Å². The van der Waals surface area contributed by atoms with Crippen LogP contribution >= 0.6 is 15.9 Å². The molecule has 0 amide bonds. The highest BCUT2D eigenvalue weighted by molar-refractivity contribution is 9.10. The number of benzene rings is 1. The Morgan fingerprint density at radius 2 is 1.95 bits per heavy atom. The van der Waals surface area contributed by atoms with Crippen LogP contribution in [0.5, 0.6) is 0 Å². The number of nitrogens with zero attached hydrogens (tertiary/aromatic N) is 1. The van der Waals surface area contributed by atoms with Crippen LogP contribution in [-0.4, -0.2) is 10.1 Å². The van der Waals surface area contributed by atoms with Crippen LogP contribution < -0.4 is 0 Å². The Morgan fingerprint density at radius 1 is 1.20 bits per heavy atom. The molecule has 1 aromatic heterocycles. The molecule has 0 aliphatic carbocycles. The minimum Gasteiger partial charge on any atom is -0.388 e. The lowest BCUT2D eigenvalue weighted by atomic mass is 10.0. The van der Waals surface area contributed by atoms with E-state index in [0.717, 1.165) is 12.1 Å². The van der Waals surface area contributed by atoms with Gasteiger partial charge < -0.3 is 5.11 Å². The van der Waals surface area contributed by atoms with E-state index in [-0.39, 0.29) is 6.42 Å². The van der Waals surface area contributed by atoms with Gasteiger partial charge in [0.1, 0.15) is 0 Å². The largest absolute Gasteiger partial charge is 0.416 e. The molecule has 0 saturated heterocycles. The molecule has 2 rings (SSSR count). The highest BCUT2D eigenvalue weighted by Gasteiger charge is 2.30. The zero-order valence-corrected chi connectivity index (χ0v) is 11.8. The summed E-state index contributed by atoms with van der Waals surface area (Å²) >= 11 is 3.23. The van der Waals surface area contributed by atoms with E-state index in [1.54, 1.807) is 18.3 Å². The third-order valence-corrected chi connectivity index (χ3v) is 3.23. The van der Waals surface area contributed by atoms with Gasteiger partial charge in [-0.2, -0.15) is 13.2 Å². The van der Waals surface area contributed by atoms with Crippen molar-refractivity contribution < 1.29 is 18.3 Å². The molecule has 0 aliphatic heterocycles. The zero-order valence-electron chi connectivity index (χ0n) is 10.2. The molecule has 1 N–H and O–H groups in total. The van der Waals surface area contributed by atoms with Gasteiger partial charge in [-0.15, -0.1) is 0 Å². The maximum Gasteiger partial charge on any atom is 0.416 e. The van der Waals surface area contributed by atoms with Gasteiger partial charge in [-0.05, 0) is 33.6 Å². The molecule has 2 nitrogen and oxygen atoms in total. The Bertz CT molecular complexity index is 601. The van der Waals surface area contributed by atoms with Gasteiger partial charge in [0.15, 0.2) is 0 Å². The molecule has 0 saturated carbocycles. The fraction of sp³-hybridized carbons (Fsp3) is 0.214. The molecule has 6 heteroatoms. The van der Waals surface area contributed by atoms with E-state index in [4.69, 9.17) is 0 Å². The van der Waals surface area contributed by atoms with Crippen LogP contribution in [0, 0.1) is 0 Å². The van der Waals surface area contributed by atoms with Crippen LogP contribution in [0.1, 0.15) is 22.8 Å². The quantitative estimate of drug-likeness (QED) is 0.906. The second-order valence-corrected chi connectivity index (χ2v) is 5.27. The summed E-state index contributed by atoms with van der Waals surface area (Å²) in [6.07, 6.45) is -2.12. The molecule has 0 aliphatic rings. The molecule has 20 heavy (non-hydrogen) atoms. The van der Waals surface area contributed by atoms with Gasteiger partial charge in [-0.25, -0.2) is 0 Å². The lowest BCUT2D eigenvalue weighted by Gasteiger charge is -2.13. The molecule has 2 aromatic rings. The second kappa shape index (κ2) is 5.93. The van der Waals surface area contributed by atoms with Crippen LogP contribution in [0.2, 0.25) is 0 Å². The Kier molecular flexibility index (Phi) is 4.45. The van der Waals surface area contributed by atoms with Crippen LogP contribution in [0.15, 0.2) is 47.2 Å². The summed E-state index contributed by atoms with van der Waals surface area (Å²) < 4.78 is 38.5. The minimum atomic E-state index is -4.38. The SMILES string of the molecule is OC(Cc1cccc(C(F)(F)F)c1)c1cncc(Br)c1. The lowest BCUT2D eigenvalue weighted by Crippen LogP contribution is -2.07. The highest BCUT2D eigenvalue weighted by Crippen LogP contribution is 2.30.